The summed E-state index contributed by atoms with van der Waals surface area (Å²) in [4.78, 5) is 4.05. The van der Waals surface area contributed by atoms with Gasteiger partial charge in [0, 0.05) is 6.07 Å². The number of pyridine rings is 1. The van der Waals surface area contributed by atoms with Crippen LogP contribution in [0, 0.1) is 18.3 Å². The molecule has 0 saturated heterocycles. The van der Waals surface area contributed by atoms with E-state index in [1.165, 1.54) is 5.56 Å². The summed E-state index contributed by atoms with van der Waals surface area (Å²) in [6.45, 7) is 2.51. The molecule has 1 heterocycles. The van der Waals surface area contributed by atoms with Crippen LogP contribution in [-0.2, 0) is 6.61 Å². The monoisotopic (exact) mass is 224 g/mol. The first-order chi connectivity index (χ1) is 8.29. The minimum absolute atomic E-state index is 0.368. The zero-order valence-electron chi connectivity index (χ0n) is 9.55. The molecule has 2 aromatic rings. The lowest BCUT2D eigenvalue weighted by molar-refractivity contribution is 0.293. The maximum atomic E-state index is 8.72. The zero-order chi connectivity index (χ0) is 12.1. The van der Waals surface area contributed by atoms with Crippen LogP contribution in [0.15, 0.2) is 42.5 Å². The Hall–Kier alpha value is -2.34. The summed E-state index contributed by atoms with van der Waals surface area (Å²) in [7, 11) is 0. The predicted octanol–water partition coefficient (Wildman–Crippen LogP) is 2.84. The minimum Gasteiger partial charge on any atom is -0.473 e. The Kier molecular flexibility index (Phi) is 3.37. The van der Waals surface area contributed by atoms with Crippen LogP contribution in [0.5, 0.6) is 5.88 Å². The van der Waals surface area contributed by atoms with E-state index in [2.05, 4.69) is 4.98 Å². The van der Waals surface area contributed by atoms with E-state index in [0.29, 0.717) is 18.2 Å². The molecule has 17 heavy (non-hydrogen) atoms. The topological polar surface area (TPSA) is 45.9 Å². The molecular formula is C14H12N2O. The van der Waals surface area contributed by atoms with Crippen LogP contribution in [0.1, 0.15) is 16.8 Å². The second kappa shape index (κ2) is 5.13. The van der Waals surface area contributed by atoms with E-state index >= 15 is 0 Å². The van der Waals surface area contributed by atoms with Crippen LogP contribution in [-0.4, -0.2) is 4.98 Å². The highest BCUT2D eigenvalue weighted by Crippen LogP contribution is 2.12. The Morgan fingerprint density at radius 3 is 2.76 bits per heavy atom. The van der Waals surface area contributed by atoms with Crippen LogP contribution in [0.25, 0.3) is 0 Å². The molecule has 0 unspecified atom stereocenters. The molecule has 84 valence electrons. The summed E-state index contributed by atoms with van der Waals surface area (Å²) in [6.07, 6.45) is 0. The average Bonchev–Trinajstić information content (AvgIpc) is 2.38. The fourth-order valence-electron chi connectivity index (χ4n) is 1.48. The summed E-state index contributed by atoms with van der Waals surface area (Å²) in [5.74, 6) is 0.479. The van der Waals surface area contributed by atoms with E-state index in [1.807, 2.05) is 37.3 Å². The number of aromatic nitrogens is 1. The van der Waals surface area contributed by atoms with E-state index < -0.39 is 0 Å². The van der Waals surface area contributed by atoms with Gasteiger partial charge in [0.25, 0.3) is 0 Å². The number of rotatable bonds is 3. The van der Waals surface area contributed by atoms with Crippen molar-refractivity contribution in [3.05, 3.63) is 59.3 Å². The fourth-order valence-corrected chi connectivity index (χ4v) is 1.48. The quantitative estimate of drug-likeness (QED) is 0.805. The van der Waals surface area contributed by atoms with Crippen molar-refractivity contribution in [2.75, 3.05) is 0 Å². The van der Waals surface area contributed by atoms with E-state index in [0.717, 1.165) is 5.56 Å². The molecule has 3 heteroatoms. The van der Waals surface area contributed by atoms with E-state index in [-0.39, 0.29) is 0 Å². The van der Waals surface area contributed by atoms with Crippen molar-refractivity contribution in [1.29, 1.82) is 5.26 Å². The molecule has 1 aromatic carbocycles. The molecule has 0 atom stereocenters. The van der Waals surface area contributed by atoms with Gasteiger partial charge in [0.2, 0.25) is 5.88 Å². The van der Waals surface area contributed by atoms with Gasteiger partial charge in [-0.3, -0.25) is 0 Å². The summed E-state index contributed by atoms with van der Waals surface area (Å²) in [6, 6.07) is 15.2. The van der Waals surface area contributed by atoms with Crippen molar-refractivity contribution in [3.63, 3.8) is 0 Å². The Balaban J connectivity index is 2.08. The minimum atomic E-state index is 0.368. The van der Waals surface area contributed by atoms with Crippen molar-refractivity contribution in [2.24, 2.45) is 0 Å². The van der Waals surface area contributed by atoms with Gasteiger partial charge in [-0.1, -0.05) is 30.3 Å². The zero-order valence-corrected chi connectivity index (χ0v) is 9.55. The Labute approximate surface area is 100 Å². The highest BCUT2D eigenvalue weighted by atomic mass is 16.5. The third kappa shape index (κ3) is 2.82. The number of nitriles is 1. The lowest BCUT2D eigenvalue weighted by Gasteiger charge is -2.07. The average molecular weight is 224 g/mol. The largest absolute Gasteiger partial charge is 0.473 e. The smallest absolute Gasteiger partial charge is 0.214 e. The Morgan fingerprint density at radius 1 is 1.18 bits per heavy atom. The van der Waals surface area contributed by atoms with Crippen LogP contribution >= 0.6 is 0 Å². The van der Waals surface area contributed by atoms with Gasteiger partial charge in [0.15, 0.2) is 0 Å². The molecule has 0 fully saturated rings. The first kappa shape index (κ1) is 11.2. The van der Waals surface area contributed by atoms with Gasteiger partial charge in [0.1, 0.15) is 18.4 Å². The van der Waals surface area contributed by atoms with Gasteiger partial charge in [-0.15, -0.1) is 0 Å². The van der Waals surface area contributed by atoms with E-state index in [4.69, 9.17) is 10.00 Å². The van der Waals surface area contributed by atoms with Crippen LogP contribution in [0.2, 0.25) is 0 Å². The number of aryl methyl sites for hydroxylation is 1. The van der Waals surface area contributed by atoms with Crippen molar-refractivity contribution >= 4 is 0 Å². The van der Waals surface area contributed by atoms with Gasteiger partial charge >= 0.3 is 0 Å². The molecule has 0 aliphatic carbocycles. The molecule has 1 aromatic heterocycles. The maximum absolute atomic E-state index is 8.72. The molecule has 0 amide bonds. The number of ether oxygens (including phenoxy) is 1. The summed E-state index contributed by atoms with van der Waals surface area (Å²) in [5, 5.41) is 8.72. The number of nitrogens with zero attached hydrogens (tertiary/aromatic N) is 2. The molecule has 0 radical (unpaired) electrons. The number of hydrogen-bond acceptors (Lipinski definition) is 3. The third-order valence-corrected chi connectivity index (χ3v) is 2.47. The lowest BCUT2D eigenvalue weighted by Crippen LogP contribution is -1.99. The van der Waals surface area contributed by atoms with Gasteiger partial charge in [-0.05, 0) is 24.1 Å². The van der Waals surface area contributed by atoms with E-state index in [1.54, 1.807) is 18.2 Å². The highest BCUT2D eigenvalue weighted by Gasteiger charge is 2.00. The molecule has 0 aliphatic heterocycles. The summed E-state index contributed by atoms with van der Waals surface area (Å²) >= 11 is 0. The van der Waals surface area contributed by atoms with Crippen LogP contribution in [0.4, 0.5) is 0 Å². The van der Waals surface area contributed by atoms with Crippen LogP contribution in [0.3, 0.4) is 0 Å². The fraction of sp³-hybridized carbons (Fsp3) is 0.143. The molecule has 3 nitrogen and oxygen atoms in total. The van der Waals surface area contributed by atoms with Gasteiger partial charge in [-0.2, -0.15) is 5.26 Å². The Morgan fingerprint density at radius 2 is 2.00 bits per heavy atom. The normalized spacial score (nSPS) is 9.65. The summed E-state index contributed by atoms with van der Waals surface area (Å²) in [5.41, 5.74) is 2.67. The van der Waals surface area contributed by atoms with Gasteiger partial charge in [0.05, 0.1) is 0 Å². The van der Waals surface area contributed by atoms with Crippen LogP contribution < -0.4 is 4.74 Å². The number of benzene rings is 1. The molecular weight excluding hydrogens is 212 g/mol. The highest BCUT2D eigenvalue weighted by molar-refractivity contribution is 5.27. The predicted molar refractivity (Wildman–Crippen MR) is 64.5 cm³/mol. The van der Waals surface area contributed by atoms with Crippen molar-refractivity contribution in [1.82, 2.24) is 4.98 Å². The second-order valence-corrected chi connectivity index (χ2v) is 3.69. The third-order valence-electron chi connectivity index (χ3n) is 2.47. The summed E-state index contributed by atoms with van der Waals surface area (Å²) < 4.78 is 5.55. The first-order valence-corrected chi connectivity index (χ1v) is 5.34. The van der Waals surface area contributed by atoms with Crippen molar-refractivity contribution in [3.8, 4) is 11.9 Å². The Bertz CT molecular complexity index is 558. The molecule has 2 rings (SSSR count). The molecule has 0 bridgehead atoms. The van der Waals surface area contributed by atoms with Gasteiger partial charge < -0.3 is 4.74 Å². The number of hydrogen-bond donors (Lipinski definition) is 0. The van der Waals surface area contributed by atoms with Crippen molar-refractivity contribution in [2.45, 2.75) is 13.5 Å². The molecule has 0 aliphatic rings. The molecule has 0 N–H and O–H groups in total. The SMILES string of the molecule is Cc1ccccc1COc1cccc(C#N)n1. The first-order valence-electron chi connectivity index (χ1n) is 5.34. The van der Waals surface area contributed by atoms with E-state index in [9.17, 15) is 0 Å². The second-order valence-electron chi connectivity index (χ2n) is 3.69. The molecule has 0 spiro atoms. The molecule has 0 saturated carbocycles. The lowest BCUT2D eigenvalue weighted by atomic mass is 10.1. The van der Waals surface area contributed by atoms with Crippen molar-refractivity contribution < 1.29 is 4.74 Å². The van der Waals surface area contributed by atoms with Gasteiger partial charge in [-0.25, -0.2) is 4.98 Å². The standard InChI is InChI=1S/C14H12N2O/c1-11-5-2-3-6-12(11)10-17-14-8-4-7-13(9-15)16-14/h2-8H,10H2,1H3. The maximum Gasteiger partial charge on any atom is 0.214 e.